The van der Waals surface area contributed by atoms with Gasteiger partial charge in [0.1, 0.15) is 4.87 Å². The monoisotopic (exact) mass is 221 g/mol. The van der Waals surface area contributed by atoms with Crippen LogP contribution in [0.25, 0.3) is 0 Å². The second kappa shape index (κ2) is 7.07. The highest BCUT2D eigenvalue weighted by atomic mass is 35.5. The van der Waals surface area contributed by atoms with Crippen molar-refractivity contribution in [1.82, 2.24) is 0 Å². The Morgan fingerprint density at radius 3 is 2.36 bits per heavy atom. The van der Waals surface area contributed by atoms with Crippen LogP contribution in [0.5, 0.6) is 0 Å². The predicted molar refractivity (Wildman–Crippen MR) is 58.2 cm³/mol. The number of amides is 1. The van der Waals surface area contributed by atoms with Crippen LogP contribution < -0.4 is 5.73 Å². The van der Waals surface area contributed by atoms with Gasteiger partial charge in [-0.05, 0) is 25.7 Å². The van der Waals surface area contributed by atoms with Crippen LogP contribution in [-0.4, -0.2) is 22.5 Å². The van der Waals surface area contributed by atoms with E-state index in [0.717, 1.165) is 19.3 Å². The molecule has 0 saturated carbocycles. The average Bonchev–Trinajstić information content (AvgIpc) is 2.15. The Bertz CT molecular complexity index is 176. The highest BCUT2D eigenvalue weighted by Crippen LogP contribution is 2.28. The molecule has 3 N–H and O–H groups in total. The first-order valence-electron chi connectivity index (χ1n) is 5.16. The fourth-order valence-corrected chi connectivity index (χ4v) is 1.61. The van der Waals surface area contributed by atoms with E-state index in [1.54, 1.807) is 0 Å². The molecule has 0 rings (SSSR count). The second-order valence-corrected chi connectivity index (χ2v) is 4.34. The van der Waals surface area contributed by atoms with Crippen LogP contribution in [0.3, 0.4) is 0 Å². The van der Waals surface area contributed by atoms with Gasteiger partial charge in [0.05, 0.1) is 0 Å². The highest BCUT2D eigenvalue weighted by Gasteiger charge is 2.32. The van der Waals surface area contributed by atoms with E-state index in [2.05, 4.69) is 0 Å². The highest BCUT2D eigenvalue weighted by molar-refractivity contribution is 6.34. The molecule has 0 saturated heterocycles. The zero-order chi connectivity index (χ0) is 11.0. The van der Waals surface area contributed by atoms with E-state index >= 15 is 0 Å². The van der Waals surface area contributed by atoms with E-state index in [4.69, 9.17) is 22.4 Å². The van der Waals surface area contributed by atoms with E-state index in [1.165, 1.54) is 0 Å². The Morgan fingerprint density at radius 2 is 1.93 bits per heavy atom. The molecule has 0 heterocycles. The molecule has 1 unspecified atom stereocenters. The zero-order valence-corrected chi connectivity index (χ0v) is 9.52. The number of alkyl halides is 1. The van der Waals surface area contributed by atoms with Gasteiger partial charge < -0.3 is 10.8 Å². The van der Waals surface area contributed by atoms with E-state index in [-0.39, 0.29) is 6.61 Å². The van der Waals surface area contributed by atoms with Crippen LogP contribution in [0.4, 0.5) is 0 Å². The van der Waals surface area contributed by atoms with Gasteiger partial charge in [0, 0.05) is 6.61 Å². The van der Waals surface area contributed by atoms with Gasteiger partial charge in [-0.25, -0.2) is 0 Å². The number of hydrogen-bond acceptors (Lipinski definition) is 2. The number of unbranched alkanes of at least 4 members (excludes halogenated alkanes) is 2. The van der Waals surface area contributed by atoms with Gasteiger partial charge in [-0.2, -0.15) is 0 Å². The van der Waals surface area contributed by atoms with Gasteiger partial charge in [-0.15, -0.1) is 11.6 Å². The van der Waals surface area contributed by atoms with Crippen molar-refractivity contribution < 1.29 is 9.90 Å². The minimum absolute atomic E-state index is 0.138. The summed E-state index contributed by atoms with van der Waals surface area (Å²) in [5.74, 6) is -0.439. The van der Waals surface area contributed by atoms with Crippen LogP contribution in [0.1, 0.15) is 45.4 Å². The lowest BCUT2D eigenvalue weighted by atomic mass is 9.94. The van der Waals surface area contributed by atoms with Crippen LogP contribution in [0.2, 0.25) is 0 Å². The topological polar surface area (TPSA) is 63.3 Å². The number of nitrogens with two attached hydrogens (primary N) is 1. The van der Waals surface area contributed by atoms with Crippen LogP contribution >= 0.6 is 11.6 Å². The summed E-state index contributed by atoms with van der Waals surface area (Å²) < 4.78 is 0. The molecule has 4 heteroatoms. The summed E-state index contributed by atoms with van der Waals surface area (Å²) in [5, 5.41) is 8.62. The molecule has 14 heavy (non-hydrogen) atoms. The fourth-order valence-electron chi connectivity index (χ4n) is 1.35. The van der Waals surface area contributed by atoms with Crippen LogP contribution in [0, 0.1) is 0 Å². The molecule has 3 nitrogen and oxygen atoms in total. The Morgan fingerprint density at radius 1 is 1.36 bits per heavy atom. The maximum absolute atomic E-state index is 11.1. The molecule has 0 aliphatic heterocycles. The second-order valence-electron chi connectivity index (χ2n) is 3.61. The molecule has 0 aromatic carbocycles. The van der Waals surface area contributed by atoms with Gasteiger partial charge in [0.15, 0.2) is 0 Å². The van der Waals surface area contributed by atoms with E-state index in [0.29, 0.717) is 19.3 Å². The molecule has 0 aromatic heterocycles. The van der Waals surface area contributed by atoms with E-state index in [9.17, 15) is 4.79 Å². The molecule has 1 amide bonds. The number of carbonyl (C=O) groups excluding carboxylic acids is 1. The largest absolute Gasteiger partial charge is 0.396 e. The van der Waals surface area contributed by atoms with Gasteiger partial charge in [0.2, 0.25) is 5.91 Å². The summed E-state index contributed by atoms with van der Waals surface area (Å²) in [5.41, 5.74) is 5.26. The minimum atomic E-state index is -0.898. The Labute approximate surface area is 90.6 Å². The average molecular weight is 222 g/mol. The molecule has 0 aliphatic rings. The first-order chi connectivity index (χ1) is 6.56. The van der Waals surface area contributed by atoms with Gasteiger partial charge in [-0.1, -0.05) is 19.8 Å². The Balaban J connectivity index is 4.03. The SMILES string of the molecule is CCCCC(Cl)(CCCCO)C(N)=O. The molecule has 0 bridgehead atoms. The van der Waals surface area contributed by atoms with E-state index in [1.807, 2.05) is 6.92 Å². The van der Waals surface area contributed by atoms with Crippen LogP contribution in [-0.2, 0) is 4.79 Å². The van der Waals surface area contributed by atoms with Crippen molar-refractivity contribution in [3.63, 3.8) is 0 Å². The zero-order valence-electron chi connectivity index (χ0n) is 8.76. The van der Waals surface area contributed by atoms with Crippen molar-refractivity contribution in [2.24, 2.45) is 5.73 Å². The summed E-state index contributed by atoms with van der Waals surface area (Å²) >= 11 is 6.13. The number of halogens is 1. The number of carbonyl (C=O) groups is 1. The molecule has 0 spiro atoms. The smallest absolute Gasteiger partial charge is 0.238 e. The lowest BCUT2D eigenvalue weighted by Crippen LogP contribution is -2.38. The summed E-state index contributed by atoms with van der Waals surface area (Å²) in [7, 11) is 0. The van der Waals surface area contributed by atoms with Gasteiger partial charge in [-0.3, -0.25) is 4.79 Å². The lowest BCUT2D eigenvalue weighted by molar-refractivity contribution is -0.121. The molecule has 1 atom stereocenters. The molecule has 0 aliphatic carbocycles. The molecule has 0 fully saturated rings. The van der Waals surface area contributed by atoms with Crippen LogP contribution in [0.15, 0.2) is 0 Å². The minimum Gasteiger partial charge on any atom is -0.396 e. The van der Waals surface area contributed by atoms with Crippen molar-refractivity contribution in [1.29, 1.82) is 0 Å². The first kappa shape index (κ1) is 13.7. The third-order valence-electron chi connectivity index (χ3n) is 2.35. The van der Waals surface area contributed by atoms with Crippen molar-refractivity contribution >= 4 is 17.5 Å². The number of rotatable bonds is 8. The first-order valence-corrected chi connectivity index (χ1v) is 5.54. The molecule has 84 valence electrons. The van der Waals surface area contributed by atoms with Crippen molar-refractivity contribution in [3.8, 4) is 0 Å². The molecule has 0 radical (unpaired) electrons. The predicted octanol–water partition coefficient (Wildman–Crippen LogP) is 1.80. The third kappa shape index (κ3) is 4.82. The molecule has 0 aromatic rings. The Hall–Kier alpha value is -0.280. The van der Waals surface area contributed by atoms with Crippen molar-refractivity contribution in [3.05, 3.63) is 0 Å². The number of primary amides is 1. The summed E-state index contributed by atoms with van der Waals surface area (Å²) in [6.45, 7) is 2.19. The summed E-state index contributed by atoms with van der Waals surface area (Å²) in [6.07, 6.45) is 4.52. The van der Waals surface area contributed by atoms with Crippen molar-refractivity contribution in [2.75, 3.05) is 6.61 Å². The normalized spacial score (nSPS) is 15.1. The summed E-state index contributed by atoms with van der Waals surface area (Å²) in [4.78, 5) is 10.3. The summed E-state index contributed by atoms with van der Waals surface area (Å²) in [6, 6.07) is 0. The lowest BCUT2D eigenvalue weighted by Gasteiger charge is -2.22. The number of aliphatic hydroxyl groups excluding tert-OH is 1. The Kier molecular flexibility index (Phi) is 6.93. The van der Waals surface area contributed by atoms with Gasteiger partial charge >= 0.3 is 0 Å². The third-order valence-corrected chi connectivity index (χ3v) is 2.91. The molecular formula is C10H20ClNO2. The molecular weight excluding hydrogens is 202 g/mol. The maximum atomic E-state index is 11.1. The fraction of sp³-hybridized carbons (Fsp3) is 0.900. The quantitative estimate of drug-likeness (QED) is 0.485. The number of aliphatic hydroxyl groups is 1. The van der Waals surface area contributed by atoms with Gasteiger partial charge in [0.25, 0.3) is 0 Å². The standard InChI is InChI=1S/C10H20ClNO2/c1-2-3-6-10(11,9(12)14)7-4-5-8-13/h13H,2-8H2,1H3,(H2,12,14). The van der Waals surface area contributed by atoms with Crippen molar-refractivity contribution in [2.45, 2.75) is 50.3 Å². The maximum Gasteiger partial charge on any atom is 0.238 e. The number of hydrogen-bond donors (Lipinski definition) is 2. The van der Waals surface area contributed by atoms with E-state index < -0.39 is 10.8 Å².